The molecule has 0 fully saturated rings. The summed E-state index contributed by atoms with van der Waals surface area (Å²) in [4.78, 5) is 22.6. The monoisotopic (exact) mass is 691 g/mol. The first-order chi connectivity index (χ1) is 22.8. The topological polar surface area (TPSA) is 151 Å². The van der Waals surface area contributed by atoms with Crippen molar-refractivity contribution in [1.82, 2.24) is 5.32 Å². The highest BCUT2D eigenvalue weighted by molar-refractivity contribution is 7.47. The number of nitrogens with two attached hydrogens (primary N) is 1. The van der Waals surface area contributed by atoms with Crippen LogP contribution < -0.4 is 11.1 Å². The number of aliphatic hydroxyl groups excluding tert-OH is 2. The van der Waals surface area contributed by atoms with Gasteiger partial charge in [0.15, 0.2) is 0 Å². The lowest BCUT2D eigenvalue weighted by atomic mass is 10.0. The molecule has 0 rings (SSSR count). The summed E-state index contributed by atoms with van der Waals surface area (Å²) in [6, 6.07) is -0.975. The first kappa shape index (κ1) is 46.2. The van der Waals surface area contributed by atoms with Gasteiger partial charge in [0, 0.05) is 6.54 Å². The molecule has 0 aliphatic carbocycles. The molecule has 1 amide bonds. The van der Waals surface area contributed by atoms with Gasteiger partial charge in [-0.3, -0.25) is 13.8 Å². The Bertz CT molecular complexity index is 771. The van der Waals surface area contributed by atoms with Crippen LogP contribution >= 0.6 is 7.82 Å². The normalized spacial score (nSPS) is 15.1. The molecular weight excluding hydrogens is 615 g/mol. The molecular formula is C37H75N2O7P. The van der Waals surface area contributed by atoms with E-state index in [4.69, 9.17) is 14.8 Å². The Morgan fingerprint density at radius 3 is 1.64 bits per heavy atom. The molecule has 0 saturated heterocycles. The van der Waals surface area contributed by atoms with E-state index in [0.717, 1.165) is 38.5 Å². The van der Waals surface area contributed by atoms with Crippen LogP contribution in [0, 0.1) is 0 Å². The highest BCUT2D eigenvalue weighted by Crippen LogP contribution is 2.43. The van der Waals surface area contributed by atoms with Crippen molar-refractivity contribution < 1.29 is 33.5 Å². The molecule has 9 nitrogen and oxygen atoms in total. The number of allylic oxidation sites excluding steroid dienone is 1. The molecule has 0 aliphatic rings. The third-order valence-electron chi connectivity index (χ3n) is 8.67. The molecule has 0 aromatic rings. The standard InChI is InChI=1S/C37H75N2O7P/c1-3-5-7-9-11-13-14-15-16-17-18-19-20-21-23-25-27-29-36(41)35(33-46-47(43,44)45-31-30-38)39-37(42)32-34(40)28-26-24-22-12-10-8-6-4-2/h27,29,34-36,40-41H,3-26,28,30-33,38H2,1-2H3,(H,39,42)(H,43,44)/b29-27+. The summed E-state index contributed by atoms with van der Waals surface area (Å²) in [5.74, 6) is -0.448. The Balaban J connectivity index is 4.37. The first-order valence-corrected chi connectivity index (χ1v) is 20.9. The van der Waals surface area contributed by atoms with Crippen LogP contribution in [0.2, 0.25) is 0 Å². The van der Waals surface area contributed by atoms with Gasteiger partial charge in [-0.15, -0.1) is 0 Å². The predicted octanol–water partition coefficient (Wildman–Crippen LogP) is 9.02. The Hall–Kier alpha value is -0.800. The van der Waals surface area contributed by atoms with Crippen molar-refractivity contribution in [2.75, 3.05) is 19.8 Å². The molecule has 0 heterocycles. The van der Waals surface area contributed by atoms with E-state index >= 15 is 0 Å². The van der Waals surface area contributed by atoms with Crippen LogP contribution in [0.15, 0.2) is 12.2 Å². The van der Waals surface area contributed by atoms with E-state index in [9.17, 15) is 24.5 Å². The Kier molecular flexibility index (Phi) is 33.1. The van der Waals surface area contributed by atoms with E-state index in [1.165, 1.54) is 116 Å². The molecule has 0 radical (unpaired) electrons. The van der Waals surface area contributed by atoms with Crippen LogP contribution in [0.5, 0.6) is 0 Å². The molecule has 0 aliphatic heterocycles. The molecule has 0 saturated carbocycles. The van der Waals surface area contributed by atoms with Crippen LogP contribution in [-0.4, -0.2) is 59.0 Å². The van der Waals surface area contributed by atoms with Gasteiger partial charge in [-0.25, -0.2) is 4.57 Å². The maximum atomic E-state index is 12.7. The second-order valence-corrected chi connectivity index (χ2v) is 14.8. The van der Waals surface area contributed by atoms with Crippen molar-refractivity contribution in [3.05, 3.63) is 12.2 Å². The molecule has 47 heavy (non-hydrogen) atoms. The molecule has 4 unspecified atom stereocenters. The van der Waals surface area contributed by atoms with Gasteiger partial charge in [0.05, 0.1) is 37.9 Å². The second kappa shape index (κ2) is 33.7. The number of unbranched alkanes of at least 4 members (excludes halogenated alkanes) is 22. The first-order valence-electron chi connectivity index (χ1n) is 19.4. The average Bonchev–Trinajstić information content (AvgIpc) is 3.04. The van der Waals surface area contributed by atoms with E-state index in [2.05, 4.69) is 19.2 Å². The van der Waals surface area contributed by atoms with Crippen molar-refractivity contribution in [1.29, 1.82) is 0 Å². The Morgan fingerprint density at radius 2 is 1.17 bits per heavy atom. The molecule has 0 aromatic carbocycles. The highest BCUT2D eigenvalue weighted by Gasteiger charge is 2.27. The lowest BCUT2D eigenvalue weighted by Crippen LogP contribution is -2.46. The summed E-state index contributed by atoms with van der Waals surface area (Å²) in [5.41, 5.74) is 5.34. The molecule has 4 atom stereocenters. The van der Waals surface area contributed by atoms with Crippen molar-refractivity contribution in [2.24, 2.45) is 5.73 Å². The largest absolute Gasteiger partial charge is 0.472 e. The van der Waals surface area contributed by atoms with Crippen LogP contribution in [0.4, 0.5) is 0 Å². The zero-order valence-electron chi connectivity index (χ0n) is 30.4. The minimum Gasteiger partial charge on any atom is -0.393 e. The molecule has 280 valence electrons. The SMILES string of the molecule is CCCCCCCCCCCCCCCCC/C=C/C(O)C(COP(=O)(O)OCCN)NC(=O)CC(O)CCCCCCCCCC. The minimum atomic E-state index is -4.39. The van der Waals surface area contributed by atoms with Crippen LogP contribution in [0.3, 0.4) is 0 Å². The average molecular weight is 691 g/mol. The van der Waals surface area contributed by atoms with Crippen LogP contribution in [0.25, 0.3) is 0 Å². The number of nitrogens with one attached hydrogen (secondary N) is 1. The quantitative estimate of drug-likeness (QED) is 0.0248. The van der Waals surface area contributed by atoms with Crippen LogP contribution in [0.1, 0.15) is 181 Å². The van der Waals surface area contributed by atoms with Crippen molar-refractivity contribution in [2.45, 2.75) is 199 Å². The molecule has 0 bridgehead atoms. The van der Waals surface area contributed by atoms with Gasteiger partial charge in [0.2, 0.25) is 5.91 Å². The molecule has 6 N–H and O–H groups in total. The third kappa shape index (κ3) is 32.2. The summed E-state index contributed by atoms with van der Waals surface area (Å²) >= 11 is 0. The Labute approximate surface area is 288 Å². The van der Waals surface area contributed by atoms with E-state index in [-0.39, 0.29) is 19.6 Å². The highest BCUT2D eigenvalue weighted by atomic mass is 31.2. The second-order valence-electron chi connectivity index (χ2n) is 13.3. The summed E-state index contributed by atoms with van der Waals surface area (Å²) in [5, 5.41) is 23.8. The number of carbonyl (C=O) groups is 1. The van der Waals surface area contributed by atoms with Crippen molar-refractivity contribution >= 4 is 13.7 Å². The summed E-state index contributed by atoms with van der Waals surface area (Å²) < 4.78 is 22.0. The summed E-state index contributed by atoms with van der Waals surface area (Å²) in [6.07, 6.45) is 31.6. The Morgan fingerprint density at radius 1 is 0.723 bits per heavy atom. The van der Waals surface area contributed by atoms with E-state index in [1.54, 1.807) is 6.08 Å². The number of hydrogen-bond acceptors (Lipinski definition) is 7. The zero-order valence-corrected chi connectivity index (χ0v) is 31.3. The van der Waals surface area contributed by atoms with Gasteiger partial charge >= 0.3 is 7.82 Å². The van der Waals surface area contributed by atoms with Gasteiger partial charge in [-0.1, -0.05) is 167 Å². The molecule has 0 spiro atoms. The van der Waals surface area contributed by atoms with Gasteiger partial charge in [0.1, 0.15) is 0 Å². The predicted molar refractivity (Wildman–Crippen MR) is 195 cm³/mol. The van der Waals surface area contributed by atoms with Gasteiger partial charge in [0.25, 0.3) is 0 Å². The maximum absolute atomic E-state index is 12.7. The fraction of sp³-hybridized carbons (Fsp3) is 0.919. The number of aliphatic hydroxyl groups is 2. The fourth-order valence-corrected chi connectivity index (χ4v) is 6.46. The third-order valence-corrected chi connectivity index (χ3v) is 9.65. The fourth-order valence-electron chi connectivity index (χ4n) is 5.70. The van der Waals surface area contributed by atoms with E-state index in [0.29, 0.717) is 6.42 Å². The number of amides is 1. The lowest BCUT2D eigenvalue weighted by Gasteiger charge is -2.24. The van der Waals surface area contributed by atoms with Gasteiger partial charge in [-0.2, -0.15) is 0 Å². The number of phosphoric acid groups is 1. The number of rotatable bonds is 36. The number of carbonyl (C=O) groups excluding carboxylic acids is 1. The number of phosphoric ester groups is 1. The summed E-state index contributed by atoms with van der Waals surface area (Å²) in [6.45, 7) is 3.93. The van der Waals surface area contributed by atoms with Crippen LogP contribution in [-0.2, 0) is 18.4 Å². The smallest absolute Gasteiger partial charge is 0.393 e. The van der Waals surface area contributed by atoms with E-state index < -0.39 is 38.6 Å². The minimum absolute atomic E-state index is 0.0511. The lowest BCUT2D eigenvalue weighted by molar-refractivity contribution is -0.124. The van der Waals surface area contributed by atoms with Crippen molar-refractivity contribution in [3.8, 4) is 0 Å². The zero-order chi connectivity index (χ0) is 34.9. The van der Waals surface area contributed by atoms with Gasteiger partial charge < -0.3 is 26.2 Å². The molecule has 10 heteroatoms. The summed E-state index contributed by atoms with van der Waals surface area (Å²) in [7, 11) is -4.39. The van der Waals surface area contributed by atoms with Crippen molar-refractivity contribution in [3.63, 3.8) is 0 Å². The van der Waals surface area contributed by atoms with Gasteiger partial charge in [-0.05, 0) is 19.3 Å². The molecule has 0 aromatic heterocycles. The maximum Gasteiger partial charge on any atom is 0.472 e. The number of hydrogen-bond donors (Lipinski definition) is 5. The van der Waals surface area contributed by atoms with E-state index in [1.807, 2.05) is 6.08 Å².